The lowest BCUT2D eigenvalue weighted by atomic mass is 9.89. The van der Waals surface area contributed by atoms with Gasteiger partial charge in [-0.05, 0) is 79.3 Å². The molecule has 0 fully saturated rings. The summed E-state index contributed by atoms with van der Waals surface area (Å²) in [6, 6.07) is 10.6. The molecule has 0 aliphatic rings. The first-order valence-electron chi connectivity index (χ1n) is 16.2. The highest BCUT2D eigenvalue weighted by molar-refractivity contribution is 7.60. The molecule has 40 heavy (non-hydrogen) atoms. The second-order valence-corrected chi connectivity index (χ2v) is 45.8. The third-order valence-electron chi connectivity index (χ3n) is 8.51. The molecule has 0 aliphatic heterocycles. The Hall–Kier alpha value is -0.692. The van der Waals surface area contributed by atoms with Crippen molar-refractivity contribution in [1.82, 2.24) is 0 Å². The lowest BCUT2D eigenvalue weighted by Gasteiger charge is -2.37. The van der Waals surface area contributed by atoms with Crippen LogP contribution in [0.1, 0.15) is 152 Å². The third kappa shape index (κ3) is 7.82. The van der Waals surface area contributed by atoms with Crippen LogP contribution in [0.15, 0.2) is 24.3 Å². The lowest BCUT2D eigenvalue weighted by molar-refractivity contribution is 0.812. The molecule has 0 spiro atoms. The molecule has 0 nitrogen and oxygen atoms in total. The molecule has 0 unspecified atom stereocenters. The molecule has 2 aromatic carbocycles. The Labute approximate surface area is 254 Å². The van der Waals surface area contributed by atoms with Gasteiger partial charge in [0.1, 0.15) is 0 Å². The summed E-state index contributed by atoms with van der Waals surface area (Å²) in [5.41, 5.74) is 9.88. The zero-order valence-corrected chi connectivity index (χ0v) is 33.8. The summed E-state index contributed by atoms with van der Waals surface area (Å²) in [5.74, 6) is 3.37. The molecule has 0 radical (unpaired) electrons. The summed E-state index contributed by atoms with van der Waals surface area (Å²) < 4.78 is 0. The standard InChI is InChI=1S/C36H64Si4/c1-23(2)29-19-31(25(5)6)35(32(20-29)26(7)8)37(39(13,14)15)38(40(16,17)18)36-33(27(9)10)21-30(24(3)4)22-34(36)28(11)12/h19-28H,1-18H3/b38-37+. The van der Waals surface area contributed by atoms with Gasteiger partial charge in [-0.15, -0.1) is 0 Å². The first kappa shape index (κ1) is 35.5. The van der Waals surface area contributed by atoms with Gasteiger partial charge >= 0.3 is 0 Å². The summed E-state index contributed by atoms with van der Waals surface area (Å²) in [6.45, 7) is 45.7. The van der Waals surface area contributed by atoms with Crippen LogP contribution >= 0.6 is 0 Å². The van der Waals surface area contributed by atoms with E-state index in [9.17, 15) is 0 Å². The van der Waals surface area contributed by atoms with Crippen molar-refractivity contribution in [1.29, 1.82) is 0 Å². The van der Waals surface area contributed by atoms with Gasteiger partial charge in [0.15, 0.2) is 0 Å². The van der Waals surface area contributed by atoms with Crippen molar-refractivity contribution < 1.29 is 0 Å². The SMILES string of the molecule is CC(C)c1cc(C(C)C)c(/[Si](=[Si](/c2c(C(C)C)cc(C(C)C)cc2C(C)C)[Si](C)(C)C)[Si](C)(C)C)c(C(C)C)c1. The van der Waals surface area contributed by atoms with E-state index in [0.29, 0.717) is 35.5 Å². The predicted molar refractivity (Wildman–Crippen MR) is 195 cm³/mol. The molecule has 0 aromatic heterocycles. The van der Waals surface area contributed by atoms with Crippen molar-refractivity contribution in [2.75, 3.05) is 0 Å². The number of rotatable bonds is 10. The van der Waals surface area contributed by atoms with Gasteiger partial charge in [0.05, 0.1) is 15.2 Å². The molecule has 0 amide bonds. The van der Waals surface area contributed by atoms with Gasteiger partial charge in [0.2, 0.25) is 0 Å². The van der Waals surface area contributed by atoms with Crippen molar-refractivity contribution in [3.05, 3.63) is 57.6 Å². The first-order valence-corrected chi connectivity index (χ1v) is 29.2. The molecule has 0 aliphatic carbocycles. The van der Waals surface area contributed by atoms with Crippen LogP contribution in [0.5, 0.6) is 0 Å². The van der Waals surface area contributed by atoms with E-state index in [1.54, 1.807) is 33.4 Å². The van der Waals surface area contributed by atoms with Crippen LogP contribution in [-0.4, -0.2) is 30.0 Å². The topological polar surface area (TPSA) is 0 Å². The minimum absolute atomic E-state index is 0.560. The Morgan fingerprint density at radius 2 is 0.575 bits per heavy atom. The fourth-order valence-electron chi connectivity index (χ4n) is 6.24. The van der Waals surface area contributed by atoms with E-state index in [-0.39, 0.29) is 0 Å². The molecular weight excluding hydrogens is 545 g/mol. The van der Waals surface area contributed by atoms with Crippen LogP contribution in [-0.2, 0) is 0 Å². The maximum atomic E-state index is 2.74. The molecular formula is C36H64Si4. The van der Waals surface area contributed by atoms with Gasteiger partial charge in [-0.3, -0.25) is 0 Å². The van der Waals surface area contributed by atoms with E-state index in [0.717, 1.165) is 0 Å². The number of benzene rings is 2. The summed E-state index contributed by atoms with van der Waals surface area (Å²) in [4.78, 5) is 0. The number of hydrogen-bond acceptors (Lipinski definition) is 0. The van der Waals surface area contributed by atoms with Crippen molar-refractivity contribution in [3.8, 4) is 0 Å². The molecule has 0 heterocycles. The lowest BCUT2D eigenvalue weighted by Crippen LogP contribution is -2.63. The van der Waals surface area contributed by atoms with Gasteiger partial charge in [0, 0.05) is 14.8 Å². The monoisotopic (exact) mass is 608 g/mol. The summed E-state index contributed by atoms with van der Waals surface area (Å²) in [7, 11) is -4.74. The van der Waals surface area contributed by atoms with E-state index >= 15 is 0 Å². The Bertz CT molecular complexity index is 1060. The van der Waals surface area contributed by atoms with Crippen molar-refractivity contribution in [2.45, 2.75) is 158 Å². The fourth-order valence-corrected chi connectivity index (χ4v) is 62.3. The Balaban J connectivity index is 3.45. The van der Waals surface area contributed by atoms with E-state index in [1.807, 2.05) is 10.4 Å². The molecule has 0 saturated carbocycles. The smallest absolute Gasteiger partial charge is 0.0560 e. The van der Waals surface area contributed by atoms with Crippen molar-refractivity contribution in [3.63, 3.8) is 0 Å². The summed E-state index contributed by atoms with van der Waals surface area (Å²) >= 11 is 0. The highest BCUT2D eigenvalue weighted by Gasteiger charge is 2.38. The van der Waals surface area contributed by atoms with E-state index in [4.69, 9.17) is 0 Å². The highest BCUT2D eigenvalue weighted by atomic mass is 29.6. The van der Waals surface area contributed by atoms with Crippen LogP contribution in [0, 0.1) is 0 Å². The van der Waals surface area contributed by atoms with Crippen LogP contribution in [0.2, 0.25) is 39.3 Å². The minimum atomic E-state index is -1.55. The molecule has 0 bridgehead atoms. The van der Waals surface area contributed by atoms with Crippen LogP contribution in [0.4, 0.5) is 0 Å². The van der Waals surface area contributed by atoms with E-state index < -0.39 is 30.0 Å². The molecule has 2 rings (SSSR count). The second kappa shape index (κ2) is 13.3. The molecule has 0 atom stereocenters. The maximum absolute atomic E-state index is 2.74. The van der Waals surface area contributed by atoms with Gasteiger partial charge in [0.25, 0.3) is 0 Å². The van der Waals surface area contributed by atoms with Crippen molar-refractivity contribution in [2.24, 2.45) is 0 Å². The van der Waals surface area contributed by atoms with Gasteiger partial charge < -0.3 is 0 Å². The first-order chi connectivity index (χ1) is 18.1. The highest BCUT2D eigenvalue weighted by Crippen LogP contribution is 2.30. The van der Waals surface area contributed by atoms with Crippen LogP contribution < -0.4 is 10.4 Å². The molecule has 2 aromatic rings. The maximum Gasteiger partial charge on any atom is 0.0560 e. The molecule has 0 N–H and O–H groups in total. The zero-order valence-electron chi connectivity index (χ0n) is 29.8. The molecule has 4 heteroatoms. The zero-order chi connectivity index (χ0) is 31.1. The Morgan fingerprint density at radius 1 is 0.375 bits per heavy atom. The molecule has 0 saturated heterocycles. The molecule has 224 valence electrons. The second-order valence-electron chi connectivity index (χ2n) is 16.3. The Kier molecular flexibility index (Phi) is 11.8. The van der Waals surface area contributed by atoms with Crippen LogP contribution in [0.3, 0.4) is 0 Å². The van der Waals surface area contributed by atoms with E-state index in [2.05, 4.69) is 147 Å². The minimum Gasteiger partial charge on any atom is -0.0691 e. The average molecular weight is 609 g/mol. The van der Waals surface area contributed by atoms with Gasteiger partial charge in [-0.2, -0.15) is 0 Å². The third-order valence-corrected chi connectivity index (χ3v) is 47.9. The number of hydrogen-bond donors (Lipinski definition) is 0. The summed E-state index contributed by atoms with van der Waals surface area (Å²) in [6.07, 6.45) is 0. The normalized spacial score (nSPS) is 14.0. The summed E-state index contributed by atoms with van der Waals surface area (Å²) in [5, 5.41) is 3.76. The van der Waals surface area contributed by atoms with Gasteiger partial charge in [-0.25, -0.2) is 0 Å². The van der Waals surface area contributed by atoms with Crippen molar-refractivity contribution >= 4 is 40.4 Å². The Morgan fingerprint density at radius 3 is 0.700 bits per heavy atom. The predicted octanol–water partition coefficient (Wildman–Crippen LogP) is 10.4. The van der Waals surface area contributed by atoms with Gasteiger partial charge in [-0.1, -0.05) is 147 Å². The van der Waals surface area contributed by atoms with E-state index in [1.165, 1.54) is 0 Å². The average Bonchev–Trinajstić information content (AvgIpc) is 2.78. The quantitative estimate of drug-likeness (QED) is 0.235. The van der Waals surface area contributed by atoms with Crippen LogP contribution in [0.25, 0.3) is 0 Å². The largest absolute Gasteiger partial charge is 0.0691 e. The fraction of sp³-hybridized carbons (Fsp3) is 0.667.